The number of hydrogen-bond donors (Lipinski definition) is 1. The van der Waals surface area contributed by atoms with E-state index >= 15 is 0 Å². The first-order valence-corrected chi connectivity index (χ1v) is 4.99. The number of nitrogens with zero attached hydrogens (tertiary/aromatic N) is 1. The lowest BCUT2D eigenvalue weighted by molar-refractivity contribution is 0.303. The molecule has 1 aliphatic rings. The van der Waals surface area contributed by atoms with Crippen molar-refractivity contribution in [2.75, 3.05) is 6.61 Å². The van der Waals surface area contributed by atoms with Gasteiger partial charge in [0.2, 0.25) is 0 Å². The van der Waals surface area contributed by atoms with Crippen LogP contribution < -0.4 is 10.4 Å². The summed E-state index contributed by atoms with van der Waals surface area (Å²) in [5.41, 5.74) is 1.34. The van der Waals surface area contributed by atoms with Crippen molar-refractivity contribution in [2.45, 2.75) is 13.8 Å². The molecule has 1 aliphatic heterocycles. The number of phenols is 1. The minimum absolute atomic E-state index is 0.101. The third-order valence-electron chi connectivity index (χ3n) is 2.40. The smallest absolute Gasteiger partial charge is 0.151 e. The number of benzene rings is 1. The summed E-state index contributed by atoms with van der Waals surface area (Å²) in [6.45, 7) is 4.14. The van der Waals surface area contributed by atoms with Gasteiger partial charge in [0.25, 0.3) is 0 Å². The van der Waals surface area contributed by atoms with E-state index in [9.17, 15) is 9.90 Å². The van der Waals surface area contributed by atoms with Crippen LogP contribution in [0.2, 0.25) is 0 Å². The number of ether oxygens (including phenoxy) is 1. The monoisotopic (exact) mass is 217 g/mol. The van der Waals surface area contributed by atoms with E-state index < -0.39 is 0 Å². The van der Waals surface area contributed by atoms with Crippen LogP contribution >= 0.6 is 0 Å². The molecule has 0 spiro atoms. The lowest BCUT2D eigenvalue weighted by atomic mass is 10.2. The minimum atomic E-state index is -0.101. The molecule has 0 atom stereocenters. The Balaban J connectivity index is 2.92. The molecule has 0 saturated heterocycles. The Morgan fingerprint density at radius 3 is 2.88 bits per heavy atom. The van der Waals surface area contributed by atoms with Gasteiger partial charge in [0.05, 0.1) is 23.2 Å². The number of rotatable bonds is 2. The van der Waals surface area contributed by atoms with Crippen LogP contribution in [-0.2, 0) is 9.53 Å². The van der Waals surface area contributed by atoms with Gasteiger partial charge in [-0.3, -0.25) is 0 Å². The summed E-state index contributed by atoms with van der Waals surface area (Å²) in [6, 6.07) is 3.09. The van der Waals surface area contributed by atoms with Gasteiger partial charge in [0, 0.05) is 0 Å². The van der Waals surface area contributed by atoms with Gasteiger partial charge in [-0.05, 0) is 26.0 Å². The average molecular weight is 217 g/mol. The van der Waals surface area contributed by atoms with E-state index in [-0.39, 0.29) is 11.0 Å². The lowest BCUT2D eigenvalue weighted by Crippen LogP contribution is -2.29. The number of aliphatic imine (C=N–C) groups is 1. The van der Waals surface area contributed by atoms with Crippen LogP contribution in [0.5, 0.6) is 5.75 Å². The minimum Gasteiger partial charge on any atom is -0.507 e. The van der Waals surface area contributed by atoms with Gasteiger partial charge in [-0.1, -0.05) is 0 Å². The van der Waals surface area contributed by atoms with Gasteiger partial charge in [0.1, 0.15) is 16.9 Å². The highest BCUT2D eigenvalue weighted by Gasteiger charge is 2.17. The second-order valence-electron chi connectivity index (χ2n) is 3.42. The normalized spacial score (nSPS) is 13.1. The van der Waals surface area contributed by atoms with E-state index in [1.807, 2.05) is 6.92 Å². The molecule has 1 aromatic carbocycles. The SMILES string of the molecule is CCOC1=c2c(ccc(O)c2=C=O)N=C1C. The van der Waals surface area contributed by atoms with Crippen molar-refractivity contribution >= 4 is 23.1 Å². The molecule has 0 amide bonds. The fourth-order valence-corrected chi connectivity index (χ4v) is 1.74. The second-order valence-corrected chi connectivity index (χ2v) is 3.42. The topological polar surface area (TPSA) is 58.9 Å². The Morgan fingerprint density at radius 1 is 1.50 bits per heavy atom. The Morgan fingerprint density at radius 2 is 2.25 bits per heavy atom. The standard InChI is InChI=1S/C12H11NO3/c1-3-16-12-7(2)13-9-4-5-10(15)8(6-14)11(9)12/h4-5,15H,3H2,1-2H3. The van der Waals surface area contributed by atoms with Gasteiger partial charge >= 0.3 is 0 Å². The first kappa shape index (κ1) is 10.5. The molecule has 0 radical (unpaired) electrons. The van der Waals surface area contributed by atoms with Gasteiger partial charge in [-0.2, -0.15) is 0 Å². The Kier molecular flexibility index (Phi) is 2.50. The summed E-state index contributed by atoms with van der Waals surface area (Å²) < 4.78 is 5.43. The van der Waals surface area contributed by atoms with Crippen LogP contribution in [0.15, 0.2) is 17.1 Å². The summed E-state index contributed by atoms with van der Waals surface area (Å²) in [5, 5.41) is 10.2. The summed E-state index contributed by atoms with van der Waals surface area (Å²) in [4.78, 5) is 15.1. The summed E-state index contributed by atoms with van der Waals surface area (Å²) in [7, 11) is 0. The molecule has 0 saturated carbocycles. The molecule has 2 rings (SSSR count). The number of hydrogen-bond acceptors (Lipinski definition) is 4. The number of carbonyl (C=O) groups excluding carboxylic acids is 1. The maximum absolute atomic E-state index is 10.8. The molecule has 16 heavy (non-hydrogen) atoms. The largest absolute Gasteiger partial charge is 0.507 e. The van der Waals surface area contributed by atoms with Crippen molar-refractivity contribution in [1.29, 1.82) is 0 Å². The maximum atomic E-state index is 10.8. The van der Waals surface area contributed by atoms with E-state index in [2.05, 4.69) is 4.99 Å². The molecule has 1 heterocycles. The van der Waals surface area contributed by atoms with Crippen LogP contribution in [0.25, 0.3) is 5.76 Å². The predicted molar refractivity (Wildman–Crippen MR) is 60.0 cm³/mol. The fraction of sp³-hybridized carbons (Fsp3) is 0.250. The molecule has 0 fully saturated rings. The molecular weight excluding hydrogens is 206 g/mol. The highest BCUT2D eigenvalue weighted by molar-refractivity contribution is 6.18. The predicted octanol–water partition coefficient (Wildman–Crippen LogP) is 0.146. The first-order valence-electron chi connectivity index (χ1n) is 4.99. The number of fused-ring (bicyclic) bond motifs is 1. The molecule has 82 valence electrons. The molecule has 0 bridgehead atoms. The zero-order valence-corrected chi connectivity index (χ0v) is 9.07. The molecule has 1 aromatic rings. The van der Waals surface area contributed by atoms with Crippen molar-refractivity contribution in [1.82, 2.24) is 0 Å². The molecule has 1 N–H and O–H groups in total. The van der Waals surface area contributed by atoms with Gasteiger partial charge in [0.15, 0.2) is 5.76 Å². The van der Waals surface area contributed by atoms with Crippen LogP contribution in [-0.4, -0.2) is 23.4 Å². The van der Waals surface area contributed by atoms with Gasteiger partial charge < -0.3 is 9.84 Å². The van der Waals surface area contributed by atoms with E-state index in [4.69, 9.17) is 4.74 Å². The molecule has 4 heteroatoms. The van der Waals surface area contributed by atoms with Crippen LogP contribution in [0.1, 0.15) is 13.8 Å². The van der Waals surface area contributed by atoms with E-state index in [1.165, 1.54) is 6.07 Å². The van der Waals surface area contributed by atoms with Crippen molar-refractivity contribution in [3.8, 4) is 5.75 Å². The zero-order chi connectivity index (χ0) is 11.7. The van der Waals surface area contributed by atoms with E-state index in [1.54, 1.807) is 18.9 Å². The van der Waals surface area contributed by atoms with Crippen LogP contribution in [0, 0.1) is 0 Å². The Bertz CT molecular complexity index is 610. The summed E-state index contributed by atoms with van der Waals surface area (Å²) in [6.07, 6.45) is 0. The second kappa shape index (κ2) is 3.83. The Labute approximate surface area is 92.2 Å². The first-order chi connectivity index (χ1) is 7.69. The maximum Gasteiger partial charge on any atom is 0.151 e. The summed E-state index contributed by atoms with van der Waals surface area (Å²) in [5.74, 6) is 2.18. The number of aromatic hydroxyl groups is 1. The third kappa shape index (κ3) is 1.40. The third-order valence-corrected chi connectivity index (χ3v) is 2.40. The van der Waals surface area contributed by atoms with Crippen molar-refractivity contribution in [2.24, 2.45) is 4.99 Å². The lowest BCUT2D eigenvalue weighted by Gasteiger charge is -2.03. The Hall–Kier alpha value is -2.06. The molecular formula is C12H11NO3. The fourth-order valence-electron chi connectivity index (χ4n) is 1.74. The van der Waals surface area contributed by atoms with Crippen LogP contribution in [0.3, 0.4) is 0 Å². The number of phenolic OH excluding ortho intramolecular Hbond substituents is 1. The molecule has 0 aliphatic carbocycles. The average Bonchev–Trinajstić information content (AvgIpc) is 2.57. The molecule has 0 unspecified atom stereocenters. The van der Waals surface area contributed by atoms with Gasteiger partial charge in [-0.15, -0.1) is 0 Å². The van der Waals surface area contributed by atoms with Crippen LogP contribution in [0.4, 0.5) is 5.69 Å². The van der Waals surface area contributed by atoms with Crippen molar-refractivity contribution in [3.63, 3.8) is 0 Å². The quantitative estimate of drug-likeness (QED) is 0.767. The molecule has 0 aromatic heterocycles. The van der Waals surface area contributed by atoms with E-state index in [0.29, 0.717) is 29.0 Å². The van der Waals surface area contributed by atoms with Gasteiger partial charge in [-0.25, -0.2) is 9.79 Å². The highest BCUT2D eigenvalue weighted by Crippen LogP contribution is 2.17. The highest BCUT2D eigenvalue weighted by atomic mass is 16.5. The molecule has 4 nitrogen and oxygen atoms in total. The summed E-state index contributed by atoms with van der Waals surface area (Å²) >= 11 is 0. The zero-order valence-electron chi connectivity index (χ0n) is 9.07. The van der Waals surface area contributed by atoms with Crippen molar-refractivity contribution in [3.05, 3.63) is 22.6 Å². The van der Waals surface area contributed by atoms with E-state index in [0.717, 1.165) is 0 Å². The van der Waals surface area contributed by atoms with Crippen molar-refractivity contribution < 1.29 is 14.6 Å².